The second-order valence-corrected chi connectivity index (χ2v) is 9.72. The van der Waals surface area contributed by atoms with Gasteiger partial charge in [-0.25, -0.2) is 8.78 Å². The summed E-state index contributed by atoms with van der Waals surface area (Å²) in [5.41, 5.74) is -1.10. The highest BCUT2D eigenvalue weighted by Crippen LogP contribution is 2.68. The third-order valence-electron chi connectivity index (χ3n) is 9.03. The van der Waals surface area contributed by atoms with Crippen molar-refractivity contribution in [2.75, 3.05) is 0 Å². The molecule has 24 heavy (non-hydrogen) atoms. The fourth-order valence-corrected chi connectivity index (χ4v) is 7.43. The summed E-state index contributed by atoms with van der Waals surface area (Å²) in [7, 11) is 0. The summed E-state index contributed by atoms with van der Waals surface area (Å²) in [6.45, 7) is 4.47. The molecular weight excluding hydrogens is 306 g/mol. The molecule has 0 radical (unpaired) electrons. The molecule has 7 atom stereocenters. The van der Waals surface area contributed by atoms with Crippen molar-refractivity contribution < 1.29 is 13.9 Å². The molecule has 0 spiro atoms. The van der Waals surface area contributed by atoms with Crippen molar-refractivity contribution >= 4 is 0 Å². The first-order valence-electron chi connectivity index (χ1n) is 9.73. The molecular formula is C21H30F2O. The lowest BCUT2D eigenvalue weighted by molar-refractivity contribution is -0.171. The average Bonchev–Trinajstić information content (AvgIpc) is 2.80. The second-order valence-electron chi connectivity index (χ2n) is 9.72. The molecule has 0 aliphatic heterocycles. The first kappa shape index (κ1) is 16.8. The van der Waals surface area contributed by atoms with E-state index in [1.807, 2.05) is 0 Å². The number of rotatable bonds is 0. The molecule has 4 fully saturated rings. The van der Waals surface area contributed by atoms with E-state index in [4.69, 9.17) is 6.42 Å². The van der Waals surface area contributed by atoms with Gasteiger partial charge in [-0.05, 0) is 74.0 Å². The Morgan fingerprint density at radius 2 is 1.67 bits per heavy atom. The minimum absolute atomic E-state index is 0.0550. The molecule has 1 N–H and O–H groups in total. The van der Waals surface area contributed by atoms with Gasteiger partial charge in [0.1, 0.15) is 5.60 Å². The zero-order valence-corrected chi connectivity index (χ0v) is 15.0. The quantitative estimate of drug-likeness (QED) is 0.615. The van der Waals surface area contributed by atoms with Gasteiger partial charge >= 0.3 is 0 Å². The minimum atomic E-state index is -2.46. The fraction of sp³-hybridized carbons (Fsp3) is 0.905. The van der Waals surface area contributed by atoms with Crippen LogP contribution in [-0.4, -0.2) is 16.6 Å². The molecule has 0 aromatic heterocycles. The van der Waals surface area contributed by atoms with E-state index in [9.17, 15) is 13.9 Å². The number of aliphatic hydroxyl groups is 1. The molecule has 0 aromatic carbocycles. The van der Waals surface area contributed by atoms with Crippen LogP contribution in [0, 0.1) is 46.8 Å². The molecule has 4 aliphatic carbocycles. The van der Waals surface area contributed by atoms with Crippen molar-refractivity contribution in [2.24, 2.45) is 34.5 Å². The average molecular weight is 336 g/mol. The standard InChI is InChI=1S/C21H30F2O/c1-4-20(24)10-8-17-15-6-5-14-13-21(22,23)12-11-18(14,2)16(15)7-9-19(17,20)3/h1,14-17,24H,5-13H2,2-3H3/t14-,15+,16-,17-,18-,19-,20-/m0/s1. The summed E-state index contributed by atoms with van der Waals surface area (Å²) in [5, 5.41) is 11.0. The maximum atomic E-state index is 13.9. The Kier molecular flexibility index (Phi) is 3.48. The number of halogens is 2. The number of alkyl halides is 2. The molecule has 1 nitrogen and oxygen atoms in total. The minimum Gasteiger partial charge on any atom is -0.377 e. The van der Waals surface area contributed by atoms with Crippen LogP contribution >= 0.6 is 0 Å². The van der Waals surface area contributed by atoms with Crippen LogP contribution in [0.5, 0.6) is 0 Å². The molecule has 4 aliphatic rings. The summed E-state index contributed by atoms with van der Waals surface area (Å²) >= 11 is 0. The van der Waals surface area contributed by atoms with E-state index in [0.29, 0.717) is 30.6 Å². The molecule has 3 heteroatoms. The Morgan fingerprint density at radius 3 is 2.38 bits per heavy atom. The Hall–Kier alpha value is -0.620. The van der Waals surface area contributed by atoms with E-state index in [0.717, 1.165) is 32.1 Å². The molecule has 0 saturated heterocycles. The van der Waals surface area contributed by atoms with Gasteiger partial charge in [0.25, 0.3) is 0 Å². The van der Waals surface area contributed by atoms with Crippen molar-refractivity contribution in [3.8, 4) is 12.3 Å². The molecule has 134 valence electrons. The first-order chi connectivity index (χ1) is 11.2. The van der Waals surface area contributed by atoms with Crippen LogP contribution in [0.25, 0.3) is 0 Å². The molecule has 0 bridgehead atoms. The summed E-state index contributed by atoms with van der Waals surface area (Å²) in [6.07, 6.45) is 12.2. The molecule has 0 amide bonds. The van der Waals surface area contributed by atoms with Crippen molar-refractivity contribution in [1.82, 2.24) is 0 Å². The van der Waals surface area contributed by atoms with Crippen molar-refractivity contribution in [3.63, 3.8) is 0 Å². The Bertz CT molecular complexity index is 581. The summed E-state index contributed by atoms with van der Waals surface area (Å²) in [5.74, 6) is 1.96. The van der Waals surface area contributed by atoms with Crippen LogP contribution in [0.3, 0.4) is 0 Å². The highest BCUT2D eigenvalue weighted by Gasteiger charge is 2.65. The van der Waals surface area contributed by atoms with Gasteiger partial charge < -0.3 is 5.11 Å². The largest absolute Gasteiger partial charge is 0.377 e. The SMILES string of the molecule is C#C[C@]1(O)CC[C@H]2[C@@H]3CC[C@H]4CC(F)(F)CC[C@]4(C)[C@H]3CC[C@@]21C. The van der Waals surface area contributed by atoms with Crippen LogP contribution in [-0.2, 0) is 0 Å². The summed E-state index contributed by atoms with van der Waals surface area (Å²) < 4.78 is 27.9. The second kappa shape index (κ2) is 4.97. The topological polar surface area (TPSA) is 20.2 Å². The van der Waals surface area contributed by atoms with E-state index in [1.165, 1.54) is 0 Å². The third-order valence-corrected chi connectivity index (χ3v) is 9.03. The number of hydrogen-bond acceptors (Lipinski definition) is 1. The lowest BCUT2D eigenvalue weighted by atomic mass is 9.44. The zero-order valence-electron chi connectivity index (χ0n) is 15.0. The third kappa shape index (κ3) is 2.02. The van der Waals surface area contributed by atoms with Gasteiger partial charge in [-0.2, -0.15) is 0 Å². The van der Waals surface area contributed by atoms with Crippen LogP contribution < -0.4 is 0 Å². The van der Waals surface area contributed by atoms with E-state index >= 15 is 0 Å². The van der Waals surface area contributed by atoms with Gasteiger partial charge in [-0.1, -0.05) is 19.8 Å². The molecule has 4 rings (SSSR count). The maximum Gasteiger partial charge on any atom is 0.248 e. The highest BCUT2D eigenvalue weighted by molar-refractivity contribution is 5.23. The Labute approximate surface area is 144 Å². The van der Waals surface area contributed by atoms with Gasteiger partial charge in [0, 0.05) is 18.3 Å². The molecule has 4 saturated carbocycles. The summed E-state index contributed by atoms with van der Waals surface area (Å²) in [6, 6.07) is 0. The summed E-state index contributed by atoms with van der Waals surface area (Å²) in [4.78, 5) is 0. The van der Waals surface area contributed by atoms with Gasteiger partial charge in [-0.3, -0.25) is 0 Å². The van der Waals surface area contributed by atoms with E-state index in [-0.39, 0.29) is 29.6 Å². The highest BCUT2D eigenvalue weighted by atomic mass is 19.3. The van der Waals surface area contributed by atoms with Crippen molar-refractivity contribution in [3.05, 3.63) is 0 Å². The molecule has 0 unspecified atom stereocenters. The Morgan fingerprint density at radius 1 is 0.958 bits per heavy atom. The van der Waals surface area contributed by atoms with Crippen LogP contribution in [0.15, 0.2) is 0 Å². The predicted octanol–water partition coefficient (Wildman–Crippen LogP) is 5.03. The van der Waals surface area contributed by atoms with E-state index in [2.05, 4.69) is 19.8 Å². The monoisotopic (exact) mass is 336 g/mol. The molecule has 0 aromatic rings. The number of terminal acetylenes is 1. The first-order valence-corrected chi connectivity index (χ1v) is 9.73. The Balaban J connectivity index is 1.64. The van der Waals surface area contributed by atoms with Crippen LogP contribution in [0.4, 0.5) is 8.78 Å². The van der Waals surface area contributed by atoms with Crippen molar-refractivity contribution in [2.45, 2.75) is 83.2 Å². The fourth-order valence-electron chi connectivity index (χ4n) is 7.43. The van der Waals surface area contributed by atoms with Crippen molar-refractivity contribution in [1.29, 1.82) is 0 Å². The van der Waals surface area contributed by atoms with Gasteiger partial charge in [0.05, 0.1) is 0 Å². The number of hydrogen-bond donors (Lipinski definition) is 1. The van der Waals surface area contributed by atoms with E-state index in [1.54, 1.807) is 0 Å². The number of fused-ring (bicyclic) bond motifs is 5. The van der Waals surface area contributed by atoms with Crippen LogP contribution in [0.2, 0.25) is 0 Å². The van der Waals surface area contributed by atoms with Gasteiger partial charge in [0.2, 0.25) is 5.92 Å². The molecule has 0 heterocycles. The van der Waals surface area contributed by atoms with Crippen LogP contribution in [0.1, 0.15) is 71.6 Å². The lowest BCUT2D eigenvalue weighted by Gasteiger charge is -2.61. The van der Waals surface area contributed by atoms with Gasteiger partial charge in [-0.15, -0.1) is 6.42 Å². The lowest BCUT2D eigenvalue weighted by Crippen LogP contribution is -2.57. The predicted molar refractivity (Wildman–Crippen MR) is 90.5 cm³/mol. The van der Waals surface area contributed by atoms with Gasteiger partial charge in [0.15, 0.2) is 0 Å². The normalized spacial score (nSPS) is 55.8. The smallest absolute Gasteiger partial charge is 0.248 e. The zero-order chi connectivity index (χ0) is 17.4. The van der Waals surface area contributed by atoms with E-state index < -0.39 is 11.5 Å². The maximum absolute atomic E-state index is 13.9.